The molecule has 2 unspecified atom stereocenters. The van der Waals surface area contributed by atoms with Crippen LogP contribution in [0.25, 0.3) is 0 Å². The first kappa shape index (κ1) is 9.42. The van der Waals surface area contributed by atoms with Crippen LogP contribution in [0.3, 0.4) is 0 Å². The molecule has 0 aromatic carbocycles. The molecule has 0 spiro atoms. The van der Waals surface area contributed by atoms with Crippen molar-refractivity contribution < 1.29 is 9.90 Å². The highest BCUT2D eigenvalue weighted by atomic mass is 16.3. The van der Waals surface area contributed by atoms with Crippen molar-refractivity contribution in [1.29, 1.82) is 0 Å². The number of rotatable bonds is 1. The molecule has 3 fully saturated rings. The highest BCUT2D eigenvalue weighted by Crippen LogP contribution is 2.44. The number of hydrogen-bond donors (Lipinski definition) is 3. The Balaban J connectivity index is 1.52. The number of amides is 2. The number of carbonyl (C=O) groups excluding carboxylic acids is 1. The summed E-state index contributed by atoms with van der Waals surface area (Å²) in [7, 11) is 0. The molecule has 2 heterocycles. The zero-order chi connectivity index (χ0) is 10.4. The van der Waals surface area contributed by atoms with Crippen LogP contribution >= 0.6 is 0 Å². The number of nitrogens with one attached hydrogen (secondary N) is 2. The molecule has 0 aromatic heterocycles. The largest absolute Gasteiger partial charge is 0.390 e. The van der Waals surface area contributed by atoms with Gasteiger partial charge in [-0.05, 0) is 18.3 Å². The number of urea groups is 1. The molecule has 5 heteroatoms. The van der Waals surface area contributed by atoms with Gasteiger partial charge in [0.25, 0.3) is 0 Å². The normalized spacial score (nSPS) is 42.9. The quantitative estimate of drug-likeness (QED) is 0.520. The monoisotopic (exact) mass is 211 g/mol. The Kier molecular flexibility index (Phi) is 2.10. The van der Waals surface area contributed by atoms with Crippen LogP contribution in [0.1, 0.15) is 6.42 Å². The van der Waals surface area contributed by atoms with Gasteiger partial charge in [0, 0.05) is 26.2 Å². The Morgan fingerprint density at radius 2 is 2.07 bits per heavy atom. The smallest absolute Gasteiger partial charge is 0.317 e. The molecule has 15 heavy (non-hydrogen) atoms. The Morgan fingerprint density at radius 3 is 2.67 bits per heavy atom. The maximum absolute atomic E-state index is 11.8. The van der Waals surface area contributed by atoms with Crippen LogP contribution in [0.15, 0.2) is 0 Å². The van der Waals surface area contributed by atoms with Crippen molar-refractivity contribution >= 4 is 6.03 Å². The van der Waals surface area contributed by atoms with Crippen molar-refractivity contribution in [3.63, 3.8) is 0 Å². The van der Waals surface area contributed by atoms with E-state index in [9.17, 15) is 9.90 Å². The number of fused-ring (bicyclic) bond motifs is 1. The molecule has 4 atom stereocenters. The minimum absolute atomic E-state index is 0.00468. The van der Waals surface area contributed by atoms with Crippen LogP contribution in [0.4, 0.5) is 4.79 Å². The standard InChI is InChI=1S/C10H17N3O2/c14-9-3-11-2-8(9)12-10(15)13-4-6-1-7(6)5-13/h6-9,11,14H,1-5H2,(H,12,15)/t6?,7?,8-,9-/m0/s1. The third kappa shape index (κ3) is 1.70. The van der Waals surface area contributed by atoms with Crippen molar-refractivity contribution in [3.05, 3.63) is 0 Å². The summed E-state index contributed by atoms with van der Waals surface area (Å²) in [6.45, 7) is 3.07. The number of aliphatic hydroxyl groups excluding tert-OH is 1. The van der Waals surface area contributed by atoms with Gasteiger partial charge in [0.2, 0.25) is 0 Å². The summed E-state index contributed by atoms with van der Waals surface area (Å²) in [4.78, 5) is 13.7. The fourth-order valence-corrected chi connectivity index (χ4v) is 2.63. The molecule has 2 saturated heterocycles. The molecule has 0 aromatic rings. The van der Waals surface area contributed by atoms with E-state index in [1.807, 2.05) is 4.90 Å². The van der Waals surface area contributed by atoms with Crippen molar-refractivity contribution in [2.75, 3.05) is 26.2 Å². The van der Waals surface area contributed by atoms with Crippen molar-refractivity contribution in [1.82, 2.24) is 15.5 Å². The number of hydrogen-bond acceptors (Lipinski definition) is 3. The molecule has 3 rings (SSSR count). The van der Waals surface area contributed by atoms with Crippen molar-refractivity contribution in [2.45, 2.75) is 18.6 Å². The lowest BCUT2D eigenvalue weighted by Gasteiger charge is -2.22. The van der Waals surface area contributed by atoms with E-state index in [0.717, 1.165) is 24.9 Å². The van der Waals surface area contributed by atoms with Gasteiger partial charge in [0.15, 0.2) is 0 Å². The summed E-state index contributed by atoms with van der Waals surface area (Å²) in [5, 5.41) is 15.5. The molecule has 2 amide bonds. The number of piperidine rings is 1. The minimum atomic E-state index is -0.439. The number of β-amino-alcohol motifs (C(OH)–C–C–N with tert-alkyl or cyclic N) is 1. The Labute approximate surface area is 88.8 Å². The van der Waals surface area contributed by atoms with E-state index in [2.05, 4.69) is 10.6 Å². The molecular formula is C10H17N3O2. The predicted molar refractivity (Wildman–Crippen MR) is 54.4 cm³/mol. The molecular weight excluding hydrogens is 194 g/mol. The third-order valence-electron chi connectivity index (χ3n) is 3.76. The van der Waals surface area contributed by atoms with Crippen LogP contribution < -0.4 is 10.6 Å². The Bertz CT molecular complexity index is 274. The van der Waals surface area contributed by atoms with Gasteiger partial charge in [0.1, 0.15) is 0 Å². The van der Waals surface area contributed by atoms with Crippen LogP contribution in [-0.2, 0) is 0 Å². The fraction of sp³-hybridized carbons (Fsp3) is 0.900. The zero-order valence-electron chi connectivity index (χ0n) is 8.65. The number of likely N-dealkylation sites (tertiary alicyclic amines) is 1. The molecule has 3 aliphatic rings. The maximum Gasteiger partial charge on any atom is 0.317 e. The molecule has 1 saturated carbocycles. The average Bonchev–Trinajstić information content (AvgIpc) is 2.64. The SMILES string of the molecule is O=C(N[C@H]1CNC[C@@H]1O)N1CC2CC2C1. The molecule has 84 valence electrons. The summed E-state index contributed by atoms with van der Waals surface area (Å²) in [6.07, 6.45) is 0.864. The van der Waals surface area contributed by atoms with E-state index in [0.29, 0.717) is 13.1 Å². The molecule has 5 nitrogen and oxygen atoms in total. The first-order valence-corrected chi connectivity index (χ1v) is 5.68. The first-order chi connectivity index (χ1) is 7.24. The van der Waals surface area contributed by atoms with Crippen molar-refractivity contribution in [2.24, 2.45) is 11.8 Å². The van der Waals surface area contributed by atoms with Crippen LogP contribution in [0.5, 0.6) is 0 Å². The third-order valence-corrected chi connectivity index (χ3v) is 3.76. The molecule has 2 aliphatic heterocycles. The lowest BCUT2D eigenvalue weighted by Crippen LogP contribution is -2.49. The van der Waals surface area contributed by atoms with E-state index in [-0.39, 0.29) is 12.1 Å². The summed E-state index contributed by atoms with van der Waals surface area (Å²) in [5.41, 5.74) is 0. The summed E-state index contributed by atoms with van der Waals surface area (Å²) < 4.78 is 0. The second-order valence-corrected chi connectivity index (χ2v) is 4.94. The highest BCUT2D eigenvalue weighted by molar-refractivity contribution is 5.75. The second kappa shape index (κ2) is 3.35. The fourth-order valence-electron chi connectivity index (χ4n) is 2.63. The number of aliphatic hydroxyl groups is 1. The minimum Gasteiger partial charge on any atom is -0.390 e. The van der Waals surface area contributed by atoms with Gasteiger partial charge >= 0.3 is 6.03 Å². The van der Waals surface area contributed by atoms with E-state index in [1.54, 1.807) is 0 Å². The molecule has 1 aliphatic carbocycles. The highest BCUT2D eigenvalue weighted by Gasteiger charge is 2.46. The van der Waals surface area contributed by atoms with Crippen LogP contribution in [0.2, 0.25) is 0 Å². The lowest BCUT2D eigenvalue weighted by atomic mass is 10.2. The zero-order valence-corrected chi connectivity index (χ0v) is 8.65. The van der Waals surface area contributed by atoms with Gasteiger partial charge in [-0.3, -0.25) is 0 Å². The van der Waals surface area contributed by atoms with Gasteiger partial charge in [0.05, 0.1) is 12.1 Å². The lowest BCUT2D eigenvalue weighted by molar-refractivity contribution is 0.153. The van der Waals surface area contributed by atoms with Crippen LogP contribution in [-0.4, -0.2) is 54.4 Å². The van der Waals surface area contributed by atoms with Gasteiger partial charge in [-0.2, -0.15) is 0 Å². The van der Waals surface area contributed by atoms with Crippen LogP contribution in [0, 0.1) is 11.8 Å². The number of carbonyl (C=O) groups is 1. The summed E-state index contributed by atoms with van der Waals surface area (Å²) >= 11 is 0. The average molecular weight is 211 g/mol. The maximum atomic E-state index is 11.8. The summed E-state index contributed by atoms with van der Waals surface area (Å²) in [5.74, 6) is 1.53. The van der Waals surface area contributed by atoms with Gasteiger partial charge in [-0.1, -0.05) is 0 Å². The predicted octanol–water partition coefficient (Wildman–Crippen LogP) is -1.02. The molecule has 3 N–H and O–H groups in total. The van der Waals surface area contributed by atoms with Gasteiger partial charge in [-0.15, -0.1) is 0 Å². The van der Waals surface area contributed by atoms with E-state index in [1.165, 1.54) is 6.42 Å². The Morgan fingerprint density at radius 1 is 1.33 bits per heavy atom. The Hall–Kier alpha value is -0.810. The molecule has 0 radical (unpaired) electrons. The first-order valence-electron chi connectivity index (χ1n) is 5.68. The van der Waals surface area contributed by atoms with E-state index in [4.69, 9.17) is 0 Å². The van der Waals surface area contributed by atoms with Crippen molar-refractivity contribution in [3.8, 4) is 0 Å². The second-order valence-electron chi connectivity index (χ2n) is 4.94. The van der Waals surface area contributed by atoms with Gasteiger partial charge < -0.3 is 20.6 Å². The number of nitrogens with zero attached hydrogens (tertiary/aromatic N) is 1. The van der Waals surface area contributed by atoms with Gasteiger partial charge in [-0.25, -0.2) is 4.79 Å². The van der Waals surface area contributed by atoms with E-state index < -0.39 is 6.10 Å². The molecule has 0 bridgehead atoms. The topological polar surface area (TPSA) is 64.6 Å². The van der Waals surface area contributed by atoms with E-state index >= 15 is 0 Å². The summed E-state index contributed by atoms with van der Waals surface area (Å²) in [6, 6.07) is -0.121.